The van der Waals surface area contributed by atoms with E-state index < -0.39 is 19.4 Å². The van der Waals surface area contributed by atoms with Gasteiger partial charge in [-0.3, -0.25) is 9.36 Å². The summed E-state index contributed by atoms with van der Waals surface area (Å²) in [4.78, 5) is 10.4. The predicted octanol–water partition coefficient (Wildman–Crippen LogP) is 1.25. The Labute approximate surface area is 82.0 Å². The molecule has 84 valence electrons. The lowest BCUT2D eigenvalue weighted by Crippen LogP contribution is -2.32. The number of carboxylic acid groups (broad SMARTS) is 1. The van der Waals surface area contributed by atoms with Crippen LogP contribution < -0.4 is 5.54 Å². The first-order valence-electron chi connectivity index (χ1n) is 4.23. The number of hydrogen-bond acceptors (Lipinski definition) is 4. The van der Waals surface area contributed by atoms with Gasteiger partial charge in [0.05, 0.1) is 6.61 Å². The van der Waals surface area contributed by atoms with Gasteiger partial charge in [-0.25, -0.2) is 0 Å². The van der Waals surface area contributed by atoms with Crippen molar-refractivity contribution in [2.75, 3.05) is 19.4 Å². The maximum atomic E-state index is 11.9. The lowest BCUT2D eigenvalue weighted by molar-refractivity contribution is -0.140. The van der Waals surface area contributed by atoms with Crippen LogP contribution in [0.5, 0.6) is 0 Å². The van der Waals surface area contributed by atoms with Crippen molar-refractivity contribution in [3.05, 3.63) is 0 Å². The fourth-order valence-electron chi connectivity index (χ4n) is 0.926. The van der Waals surface area contributed by atoms with E-state index in [1.807, 2.05) is 0 Å². The summed E-state index contributed by atoms with van der Waals surface area (Å²) in [5, 5.41) is 8.47. The molecule has 0 fully saturated rings. The summed E-state index contributed by atoms with van der Waals surface area (Å²) in [5.41, 5.74) is 1.14. The zero-order chi connectivity index (χ0) is 11.2. The molecule has 0 radical (unpaired) electrons. The zero-order valence-electron chi connectivity index (χ0n) is 8.20. The quantitative estimate of drug-likeness (QED) is 0.505. The number of carbonyl (C=O) groups is 1. The van der Waals surface area contributed by atoms with Crippen LogP contribution in [0.25, 0.3) is 0 Å². The van der Waals surface area contributed by atoms with Gasteiger partial charge in [-0.2, -0.15) is 0 Å². The molecule has 14 heavy (non-hydrogen) atoms. The molecule has 0 aliphatic rings. The summed E-state index contributed by atoms with van der Waals surface area (Å²) in [6, 6.07) is -1.32. The van der Waals surface area contributed by atoms with Crippen LogP contribution in [-0.4, -0.2) is 36.6 Å². The predicted molar refractivity (Wildman–Crippen MR) is 50.3 cm³/mol. The molecule has 0 spiro atoms. The Morgan fingerprint density at radius 1 is 1.71 bits per heavy atom. The Morgan fingerprint density at radius 2 is 2.29 bits per heavy atom. The summed E-state index contributed by atoms with van der Waals surface area (Å²) in [6.07, 6.45) is -0.00562. The van der Waals surface area contributed by atoms with Gasteiger partial charge in [-0.15, -0.1) is 10.0 Å². The van der Waals surface area contributed by atoms with Crippen molar-refractivity contribution in [2.24, 2.45) is 0 Å². The molecule has 2 atom stereocenters. The highest BCUT2D eigenvalue weighted by molar-refractivity contribution is 7.58. The number of nitrogens with one attached hydrogen (secondary N) is 1. The molecule has 0 aromatic heterocycles. The first kappa shape index (κ1) is 13.5. The summed E-state index contributed by atoms with van der Waals surface area (Å²) >= 11 is 0. The Kier molecular flexibility index (Phi) is 5.92. The fraction of sp³-hybridized carbons (Fsp3) is 0.857. The van der Waals surface area contributed by atoms with Gasteiger partial charge in [0.1, 0.15) is 6.04 Å². The van der Waals surface area contributed by atoms with Crippen LogP contribution in [0.2, 0.25) is 0 Å². The van der Waals surface area contributed by atoms with E-state index in [-0.39, 0.29) is 12.6 Å². The van der Waals surface area contributed by atoms with Crippen LogP contribution >= 0.6 is 7.37 Å². The molecule has 0 bridgehead atoms. The minimum absolute atomic E-state index is 0.0503. The molecular weight excluding hydrogens is 212 g/mol. The van der Waals surface area contributed by atoms with Crippen molar-refractivity contribution >= 4 is 13.3 Å². The van der Waals surface area contributed by atoms with Crippen LogP contribution in [-0.2, 0) is 13.9 Å². The molecule has 5 nitrogen and oxygen atoms in total. The van der Waals surface area contributed by atoms with Gasteiger partial charge in [0.2, 0.25) is 0 Å². The standard InChI is InChI=1S/C7H15FNO4P/c1-3-13-14(2,12)5-4-6(9-8)7(10)11/h6,9H,3-5H2,1-2H3,(H,10,11). The van der Waals surface area contributed by atoms with Gasteiger partial charge in [0, 0.05) is 12.8 Å². The van der Waals surface area contributed by atoms with Crippen molar-refractivity contribution in [3.8, 4) is 0 Å². The van der Waals surface area contributed by atoms with Crippen LogP contribution in [0.4, 0.5) is 4.48 Å². The highest BCUT2D eigenvalue weighted by Crippen LogP contribution is 2.43. The Morgan fingerprint density at radius 3 is 2.64 bits per heavy atom. The topological polar surface area (TPSA) is 75.6 Å². The second kappa shape index (κ2) is 6.11. The molecule has 0 aliphatic heterocycles. The number of carboxylic acids is 1. The second-order valence-electron chi connectivity index (χ2n) is 2.94. The van der Waals surface area contributed by atoms with Crippen LogP contribution in [0.1, 0.15) is 13.3 Å². The molecule has 0 aliphatic carbocycles. The summed E-state index contributed by atoms with van der Waals surface area (Å²) in [7, 11) is -2.77. The zero-order valence-corrected chi connectivity index (χ0v) is 9.09. The van der Waals surface area contributed by atoms with Gasteiger partial charge >= 0.3 is 5.97 Å². The summed E-state index contributed by atoms with van der Waals surface area (Å²) in [6.45, 7) is 3.40. The summed E-state index contributed by atoms with van der Waals surface area (Å²) in [5.74, 6) is -1.30. The average Bonchev–Trinajstić information content (AvgIpc) is 2.04. The molecule has 0 saturated heterocycles. The molecule has 7 heteroatoms. The molecule has 0 aromatic carbocycles. The Balaban J connectivity index is 4.02. The number of hydrogen-bond donors (Lipinski definition) is 2. The summed E-state index contributed by atoms with van der Waals surface area (Å²) < 4.78 is 28.3. The number of halogens is 1. The minimum atomic E-state index is -2.77. The van der Waals surface area contributed by atoms with Crippen molar-refractivity contribution in [1.29, 1.82) is 0 Å². The fourth-order valence-corrected chi connectivity index (χ4v) is 2.33. The van der Waals surface area contributed by atoms with E-state index >= 15 is 0 Å². The van der Waals surface area contributed by atoms with Gasteiger partial charge in [0.25, 0.3) is 0 Å². The Bertz CT molecular complexity index is 236. The number of rotatable bonds is 7. The number of aliphatic carboxylic acids is 1. The molecule has 0 rings (SSSR count). The van der Waals surface area contributed by atoms with E-state index in [0.717, 1.165) is 5.54 Å². The molecule has 2 unspecified atom stereocenters. The van der Waals surface area contributed by atoms with Crippen molar-refractivity contribution in [3.63, 3.8) is 0 Å². The molecule has 0 heterocycles. The molecule has 0 saturated carbocycles. The monoisotopic (exact) mass is 227 g/mol. The lowest BCUT2D eigenvalue weighted by atomic mass is 10.2. The first-order chi connectivity index (χ1) is 6.43. The SMILES string of the molecule is CCOP(C)(=O)CCC(NF)C(=O)O. The van der Waals surface area contributed by atoms with Gasteiger partial charge in [-0.1, -0.05) is 0 Å². The molecular formula is C7H15FNO4P. The van der Waals surface area contributed by atoms with E-state index in [1.165, 1.54) is 6.66 Å². The smallest absolute Gasteiger partial charge is 0.323 e. The van der Waals surface area contributed by atoms with E-state index in [1.54, 1.807) is 6.92 Å². The third-order valence-corrected chi connectivity index (χ3v) is 3.53. The molecule has 2 N–H and O–H groups in total. The van der Waals surface area contributed by atoms with E-state index in [4.69, 9.17) is 9.63 Å². The van der Waals surface area contributed by atoms with Gasteiger partial charge in [0.15, 0.2) is 7.37 Å². The van der Waals surface area contributed by atoms with Crippen molar-refractivity contribution in [2.45, 2.75) is 19.4 Å². The third kappa shape index (κ3) is 5.32. The van der Waals surface area contributed by atoms with E-state index in [2.05, 4.69) is 0 Å². The van der Waals surface area contributed by atoms with Gasteiger partial charge < -0.3 is 9.63 Å². The second-order valence-corrected chi connectivity index (χ2v) is 5.68. The molecule has 0 amide bonds. The lowest BCUT2D eigenvalue weighted by Gasteiger charge is -2.14. The van der Waals surface area contributed by atoms with Gasteiger partial charge in [-0.05, 0) is 13.3 Å². The highest BCUT2D eigenvalue weighted by Gasteiger charge is 2.22. The highest BCUT2D eigenvalue weighted by atomic mass is 31.2. The maximum Gasteiger partial charge on any atom is 0.323 e. The first-order valence-corrected chi connectivity index (χ1v) is 6.48. The van der Waals surface area contributed by atoms with Crippen molar-refractivity contribution < 1.29 is 23.5 Å². The van der Waals surface area contributed by atoms with Crippen LogP contribution in [0, 0.1) is 0 Å². The Hall–Kier alpha value is -0.450. The molecule has 0 aromatic rings. The van der Waals surface area contributed by atoms with Crippen LogP contribution in [0.3, 0.4) is 0 Å². The average molecular weight is 227 g/mol. The van der Waals surface area contributed by atoms with Crippen LogP contribution in [0.15, 0.2) is 0 Å². The minimum Gasteiger partial charge on any atom is -0.480 e. The normalized spacial score (nSPS) is 17.4. The van der Waals surface area contributed by atoms with Crippen molar-refractivity contribution in [1.82, 2.24) is 5.54 Å². The van der Waals surface area contributed by atoms with E-state index in [9.17, 15) is 13.8 Å². The third-order valence-electron chi connectivity index (χ3n) is 1.66. The van der Waals surface area contributed by atoms with E-state index in [0.29, 0.717) is 6.61 Å². The maximum absolute atomic E-state index is 11.9. The largest absolute Gasteiger partial charge is 0.480 e.